The lowest BCUT2D eigenvalue weighted by atomic mass is 10.0. The van der Waals surface area contributed by atoms with Crippen LogP contribution in [0, 0.1) is 6.92 Å². The molecule has 25 heavy (non-hydrogen) atoms. The Hall–Kier alpha value is -3.05. The van der Waals surface area contributed by atoms with Crippen LogP contribution < -0.4 is 5.56 Å². The molecule has 0 amide bonds. The highest BCUT2D eigenvalue weighted by atomic mass is 35.5. The predicted octanol–water partition coefficient (Wildman–Crippen LogP) is 3.78. The monoisotopic (exact) mass is 348 g/mol. The first-order valence-corrected chi connectivity index (χ1v) is 8.11. The minimum absolute atomic E-state index is 0.0325. The summed E-state index contributed by atoms with van der Waals surface area (Å²) in [4.78, 5) is 20.5. The Labute approximate surface area is 148 Å². The number of halogens is 1. The van der Waals surface area contributed by atoms with Crippen molar-refractivity contribution in [1.82, 2.24) is 19.6 Å². The fourth-order valence-corrected chi connectivity index (χ4v) is 2.86. The number of hydrogen-bond donors (Lipinski definition) is 0. The molecule has 0 unspecified atom stereocenters. The molecule has 4 aromatic rings. The van der Waals surface area contributed by atoms with Gasteiger partial charge in [-0.2, -0.15) is 14.6 Å². The number of aromatic nitrogens is 4. The molecule has 0 bridgehead atoms. The van der Waals surface area contributed by atoms with Gasteiger partial charge in [0.05, 0.1) is 0 Å². The molecule has 0 saturated carbocycles. The van der Waals surface area contributed by atoms with Crippen LogP contribution in [0.5, 0.6) is 0 Å². The number of nitrogens with zero attached hydrogens (tertiary/aromatic N) is 4. The predicted molar refractivity (Wildman–Crippen MR) is 97.7 cm³/mol. The van der Waals surface area contributed by atoms with Gasteiger partial charge in [-0.3, -0.25) is 4.79 Å². The van der Waals surface area contributed by atoms with Crippen molar-refractivity contribution in [2.24, 2.45) is 0 Å². The smallest absolute Gasteiger partial charge is 0.266 e. The summed E-state index contributed by atoms with van der Waals surface area (Å²) in [5.41, 5.74) is 2.99. The van der Waals surface area contributed by atoms with E-state index in [0.717, 1.165) is 11.1 Å². The average Bonchev–Trinajstić information content (AvgIpc) is 2.66. The molecule has 0 saturated heterocycles. The maximum atomic E-state index is 11.9. The van der Waals surface area contributed by atoms with Crippen LogP contribution in [-0.2, 0) is 0 Å². The van der Waals surface area contributed by atoms with Gasteiger partial charge in [-0.25, -0.2) is 4.98 Å². The maximum Gasteiger partial charge on any atom is 0.294 e. The molecule has 122 valence electrons. The Morgan fingerprint density at radius 1 is 0.840 bits per heavy atom. The molecular weight excluding hydrogens is 336 g/mol. The van der Waals surface area contributed by atoms with Crippen LogP contribution in [0.2, 0.25) is 5.02 Å². The number of rotatable bonds is 2. The Bertz CT molecular complexity index is 1120. The lowest BCUT2D eigenvalue weighted by Crippen LogP contribution is -2.17. The highest BCUT2D eigenvalue weighted by Gasteiger charge is 2.17. The van der Waals surface area contributed by atoms with Crippen LogP contribution in [0.25, 0.3) is 28.2 Å². The Kier molecular flexibility index (Phi) is 3.78. The van der Waals surface area contributed by atoms with Crippen LogP contribution in [0.4, 0.5) is 0 Å². The van der Waals surface area contributed by atoms with E-state index < -0.39 is 5.56 Å². The summed E-state index contributed by atoms with van der Waals surface area (Å²) in [6.45, 7) is 1.70. The average molecular weight is 349 g/mol. The lowest BCUT2D eigenvalue weighted by molar-refractivity contribution is 0.817. The molecule has 0 aliphatic rings. The highest BCUT2D eigenvalue weighted by molar-refractivity contribution is 6.33. The van der Waals surface area contributed by atoms with E-state index in [1.54, 1.807) is 6.92 Å². The third-order valence-electron chi connectivity index (χ3n) is 3.89. The topological polar surface area (TPSA) is 60.2 Å². The molecule has 0 aliphatic carbocycles. The number of benzene rings is 2. The summed E-state index contributed by atoms with van der Waals surface area (Å²) in [7, 11) is 0. The second-order valence-electron chi connectivity index (χ2n) is 5.55. The molecule has 5 nitrogen and oxygen atoms in total. The molecule has 0 N–H and O–H groups in total. The molecule has 6 heteroatoms. The number of fused-ring (bicyclic) bond motifs is 1. The molecule has 0 aliphatic heterocycles. The summed E-state index contributed by atoms with van der Waals surface area (Å²) < 4.78 is 1.51. The van der Waals surface area contributed by atoms with Crippen molar-refractivity contribution in [2.75, 3.05) is 0 Å². The van der Waals surface area contributed by atoms with E-state index in [4.69, 9.17) is 16.7 Å². The molecule has 2 heterocycles. The number of aryl methyl sites for hydroxylation is 1. The molecular formula is C19H13ClN4O. The second-order valence-corrected chi connectivity index (χ2v) is 5.93. The standard InChI is InChI=1S/C19H13ClN4O/c1-12-21-19(25)15(20)18-22-16(13-8-4-2-5-9-13)17(23-24(12)18)14-10-6-3-7-11-14/h2-11H,1H3. The van der Waals surface area contributed by atoms with Gasteiger partial charge in [-0.05, 0) is 6.92 Å². The molecule has 0 spiro atoms. The zero-order valence-electron chi connectivity index (χ0n) is 13.3. The molecule has 2 aromatic heterocycles. The van der Waals surface area contributed by atoms with Crippen LogP contribution in [0.3, 0.4) is 0 Å². The van der Waals surface area contributed by atoms with Gasteiger partial charge in [0, 0.05) is 11.1 Å². The minimum atomic E-state index is -0.500. The fourth-order valence-electron chi connectivity index (χ4n) is 2.70. The van der Waals surface area contributed by atoms with Gasteiger partial charge >= 0.3 is 0 Å². The normalized spacial score (nSPS) is 11.0. The third-order valence-corrected chi connectivity index (χ3v) is 4.22. The van der Waals surface area contributed by atoms with Crippen molar-refractivity contribution < 1.29 is 0 Å². The number of hydrogen-bond acceptors (Lipinski definition) is 4. The molecule has 0 fully saturated rings. The van der Waals surface area contributed by atoms with Gasteiger partial charge in [0.1, 0.15) is 17.2 Å². The van der Waals surface area contributed by atoms with Crippen molar-refractivity contribution in [1.29, 1.82) is 0 Å². The van der Waals surface area contributed by atoms with E-state index in [0.29, 0.717) is 22.9 Å². The molecule has 2 aromatic carbocycles. The van der Waals surface area contributed by atoms with Gasteiger partial charge in [0.25, 0.3) is 5.56 Å². The minimum Gasteiger partial charge on any atom is -0.266 e. The van der Waals surface area contributed by atoms with Crippen molar-refractivity contribution in [2.45, 2.75) is 6.92 Å². The lowest BCUT2D eigenvalue weighted by Gasteiger charge is -2.12. The van der Waals surface area contributed by atoms with Crippen LogP contribution in [0.15, 0.2) is 65.5 Å². The van der Waals surface area contributed by atoms with Crippen molar-refractivity contribution in [3.8, 4) is 22.5 Å². The van der Waals surface area contributed by atoms with Crippen LogP contribution in [-0.4, -0.2) is 19.6 Å². The van der Waals surface area contributed by atoms with Crippen LogP contribution in [0.1, 0.15) is 5.82 Å². The second kappa shape index (κ2) is 6.11. The summed E-state index contributed by atoms with van der Waals surface area (Å²) in [6.07, 6.45) is 0. The van der Waals surface area contributed by atoms with Gasteiger partial charge in [0.2, 0.25) is 0 Å². The SMILES string of the molecule is Cc1nc(=O)c(Cl)c2nc(-c3ccccc3)c(-c3ccccc3)nn12. The van der Waals surface area contributed by atoms with E-state index in [2.05, 4.69) is 9.97 Å². The molecule has 4 rings (SSSR count). The van der Waals surface area contributed by atoms with E-state index >= 15 is 0 Å². The van der Waals surface area contributed by atoms with Crippen molar-refractivity contribution in [3.05, 3.63) is 81.9 Å². The zero-order chi connectivity index (χ0) is 17.4. The summed E-state index contributed by atoms with van der Waals surface area (Å²) in [5, 5.41) is 4.66. The van der Waals surface area contributed by atoms with E-state index in [1.165, 1.54) is 4.52 Å². The van der Waals surface area contributed by atoms with Gasteiger partial charge in [0.15, 0.2) is 10.7 Å². The summed E-state index contributed by atoms with van der Waals surface area (Å²) >= 11 is 6.16. The first-order valence-electron chi connectivity index (χ1n) is 7.73. The van der Waals surface area contributed by atoms with E-state index in [9.17, 15) is 4.79 Å². The van der Waals surface area contributed by atoms with E-state index in [1.807, 2.05) is 60.7 Å². The van der Waals surface area contributed by atoms with Crippen LogP contribution >= 0.6 is 11.6 Å². The van der Waals surface area contributed by atoms with Gasteiger partial charge in [-0.1, -0.05) is 72.3 Å². The van der Waals surface area contributed by atoms with Crippen molar-refractivity contribution in [3.63, 3.8) is 0 Å². The first kappa shape index (κ1) is 15.5. The quantitative estimate of drug-likeness (QED) is 0.553. The summed E-state index contributed by atoms with van der Waals surface area (Å²) in [5.74, 6) is 0.439. The Balaban J connectivity index is 2.13. The molecule has 0 atom stereocenters. The zero-order valence-corrected chi connectivity index (χ0v) is 14.1. The van der Waals surface area contributed by atoms with Gasteiger partial charge < -0.3 is 0 Å². The Morgan fingerprint density at radius 2 is 1.40 bits per heavy atom. The fraction of sp³-hybridized carbons (Fsp3) is 0.0526. The largest absolute Gasteiger partial charge is 0.294 e. The Morgan fingerprint density at radius 3 is 2.00 bits per heavy atom. The van der Waals surface area contributed by atoms with Gasteiger partial charge in [-0.15, -0.1) is 0 Å². The summed E-state index contributed by atoms with van der Waals surface area (Å²) in [6, 6.07) is 19.5. The first-order chi connectivity index (χ1) is 12.1. The van der Waals surface area contributed by atoms with E-state index in [-0.39, 0.29) is 5.02 Å². The maximum absolute atomic E-state index is 11.9. The third kappa shape index (κ3) is 2.68. The molecule has 0 radical (unpaired) electrons. The highest BCUT2D eigenvalue weighted by Crippen LogP contribution is 2.29. The van der Waals surface area contributed by atoms with Crippen molar-refractivity contribution >= 4 is 17.2 Å².